The average molecular weight is 317 g/mol. The molecule has 1 aromatic heterocycles. The first-order valence-corrected chi connectivity index (χ1v) is 7.75. The van der Waals surface area contributed by atoms with E-state index < -0.39 is 21.8 Å². The number of fused-ring (bicyclic) bond motifs is 1. The summed E-state index contributed by atoms with van der Waals surface area (Å²) in [7, 11) is -2.69. The summed E-state index contributed by atoms with van der Waals surface area (Å²) in [6.45, 7) is 0. The zero-order valence-electron chi connectivity index (χ0n) is 11.5. The largest absolute Gasteiger partial charge is 0.307 e. The average Bonchev–Trinajstić information content (AvgIpc) is 2.69. The van der Waals surface area contributed by atoms with E-state index in [1.165, 1.54) is 31.4 Å². The van der Waals surface area contributed by atoms with Crippen LogP contribution in [0.2, 0.25) is 0 Å². The summed E-state index contributed by atoms with van der Waals surface area (Å²) < 4.78 is 24.8. The number of benzene rings is 1. The van der Waals surface area contributed by atoms with Gasteiger partial charge >= 0.3 is 0 Å². The second kappa shape index (κ2) is 4.92. The molecule has 0 saturated carbocycles. The summed E-state index contributed by atoms with van der Waals surface area (Å²) in [6, 6.07) is 8.97. The van der Waals surface area contributed by atoms with E-state index in [1.54, 1.807) is 18.2 Å². The quantitative estimate of drug-likeness (QED) is 0.895. The van der Waals surface area contributed by atoms with E-state index in [2.05, 4.69) is 10.3 Å². The number of nitrogens with zero attached hydrogens (tertiary/aromatic N) is 2. The summed E-state index contributed by atoms with van der Waals surface area (Å²) in [6.07, 6.45) is 1.52. The first-order valence-electron chi connectivity index (χ1n) is 6.31. The summed E-state index contributed by atoms with van der Waals surface area (Å²) >= 11 is 0. The van der Waals surface area contributed by atoms with Crippen molar-refractivity contribution in [2.45, 2.75) is 4.90 Å². The summed E-state index contributed by atoms with van der Waals surface area (Å²) in [4.78, 5) is 27.8. The minimum atomic E-state index is -3.87. The number of rotatable bonds is 2. The van der Waals surface area contributed by atoms with Gasteiger partial charge in [0, 0.05) is 18.8 Å². The fourth-order valence-corrected chi connectivity index (χ4v) is 3.43. The molecule has 0 saturated heterocycles. The number of amides is 2. The number of hydrogen-bond donors (Lipinski definition) is 1. The first kappa shape index (κ1) is 14.2. The summed E-state index contributed by atoms with van der Waals surface area (Å²) in [5.41, 5.74) is 0.202. The standard InChI is InChI=1S/C14H11N3O4S/c1-17-14(19)10-6-5-9(8-11(10)22(17,20)21)13(18)16-12-4-2-3-7-15-12/h2-8H,1H3,(H,15,16,18). The predicted molar refractivity (Wildman–Crippen MR) is 77.9 cm³/mol. The lowest BCUT2D eigenvalue weighted by molar-refractivity contribution is 0.0890. The molecule has 0 atom stereocenters. The topological polar surface area (TPSA) is 96.4 Å². The zero-order valence-corrected chi connectivity index (χ0v) is 12.3. The van der Waals surface area contributed by atoms with Crippen LogP contribution in [0.25, 0.3) is 0 Å². The molecule has 2 amide bonds. The first-order chi connectivity index (χ1) is 10.4. The Morgan fingerprint density at radius 3 is 2.68 bits per heavy atom. The fourth-order valence-electron chi connectivity index (χ4n) is 2.11. The van der Waals surface area contributed by atoms with Crippen LogP contribution in [0.1, 0.15) is 20.7 Å². The van der Waals surface area contributed by atoms with Gasteiger partial charge in [-0.2, -0.15) is 0 Å². The number of anilines is 1. The molecule has 1 aliphatic rings. The van der Waals surface area contributed by atoms with Crippen LogP contribution < -0.4 is 5.32 Å². The highest BCUT2D eigenvalue weighted by atomic mass is 32.2. The van der Waals surface area contributed by atoms with Crippen LogP contribution in [0.4, 0.5) is 5.82 Å². The zero-order chi connectivity index (χ0) is 15.9. The van der Waals surface area contributed by atoms with Gasteiger partial charge in [0.1, 0.15) is 10.7 Å². The van der Waals surface area contributed by atoms with Crippen molar-refractivity contribution >= 4 is 27.7 Å². The minimum Gasteiger partial charge on any atom is -0.307 e. The lowest BCUT2D eigenvalue weighted by Gasteiger charge is -2.06. The second-order valence-corrected chi connectivity index (χ2v) is 6.60. The third-order valence-electron chi connectivity index (χ3n) is 3.31. The molecule has 0 unspecified atom stereocenters. The molecule has 0 bridgehead atoms. The van der Waals surface area contributed by atoms with E-state index in [1.807, 2.05) is 0 Å². The highest BCUT2D eigenvalue weighted by Gasteiger charge is 2.38. The van der Waals surface area contributed by atoms with E-state index >= 15 is 0 Å². The number of sulfonamides is 1. The molecule has 1 aliphatic heterocycles. The van der Waals surface area contributed by atoms with Gasteiger partial charge in [0.15, 0.2) is 0 Å². The van der Waals surface area contributed by atoms with Gasteiger partial charge in [-0.3, -0.25) is 9.59 Å². The Morgan fingerprint density at radius 2 is 2.00 bits per heavy atom. The van der Waals surface area contributed by atoms with E-state index in [-0.39, 0.29) is 16.0 Å². The van der Waals surface area contributed by atoms with Gasteiger partial charge in [-0.05, 0) is 30.3 Å². The molecule has 1 aromatic carbocycles. The molecule has 7 nitrogen and oxygen atoms in total. The lowest BCUT2D eigenvalue weighted by atomic mass is 10.1. The van der Waals surface area contributed by atoms with Crippen molar-refractivity contribution in [3.63, 3.8) is 0 Å². The Kier molecular flexibility index (Phi) is 3.18. The van der Waals surface area contributed by atoms with Crippen molar-refractivity contribution in [2.75, 3.05) is 12.4 Å². The van der Waals surface area contributed by atoms with Crippen LogP contribution in [-0.4, -0.2) is 36.6 Å². The molecule has 3 rings (SSSR count). The number of carbonyl (C=O) groups is 2. The maximum Gasteiger partial charge on any atom is 0.268 e. The molecule has 0 fully saturated rings. The lowest BCUT2D eigenvalue weighted by Crippen LogP contribution is -2.24. The molecular weight excluding hydrogens is 306 g/mol. The van der Waals surface area contributed by atoms with Crippen molar-refractivity contribution in [3.8, 4) is 0 Å². The van der Waals surface area contributed by atoms with Crippen molar-refractivity contribution in [1.29, 1.82) is 0 Å². The van der Waals surface area contributed by atoms with E-state index in [4.69, 9.17) is 0 Å². The Bertz CT molecular complexity index is 878. The van der Waals surface area contributed by atoms with Crippen LogP contribution >= 0.6 is 0 Å². The van der Waals surface area contributed by atoms with Crippen molar-refractivity contribution < 1.29 is 18.0 Å². The van der Waals surface area contributed by atoms with Gasteiger partial charge < -0.3 is 5.32 Å². The number of aromatic nitrogens is 1. The van der Waals surface area contributed by atoms with Gasteiger partial charge in [0.05, 0.1) is 5.56 Å². The molecular formula is C14H11N3O4S. The van der Waals surface area contributed by atoms with Gasteiger partial charge in [-0.1, -0.05) is 6.07 Å². The number of carbonyl (C=O) groups excluding carboxylic acids is 2. The smallest absolute Gasteiger partial charge is 0.268 e. The monoisotopic (exact) mass is 317 g/mol. The molecule has 0 aliphatic carbocycles. The third kappa shape index (κ3) is 2.13. The van der Waals surface area contributed by atoms with Crippen LogP contribution in [0.5, 0.6) is 0 Å². The Labute approximate surface area is 126 Å². The third-order valence-corrected chi connectivity index (χ3v) is 5.09. The summed E-state index contributed by atoms with van der Waals surface area (Å²) in [5, 5.41) is 2.56. The number of hydrogen-bond acceptors (Lipinski definition) is 5. The maximum atomic E-state index is 12.1. The van der Waals surface area contributed by atoms with Crippen LogP contribution in [0.15, 0.2) is 47.5 Å². The Balaban J connectivity index is 1.97. The molecule has 8 heteroatoms. The molecule has 112 valence electrons. The number of nitrogens with one attached hydrogen (secondary N) is 1. The highest BCUT2D eigenvalue weighted by Crippen LogP contribution is 2.29. The van der Waals surface area contributed by atoms with Gasteiger partial charge in [-0.25, -0.2) is 17.7 Å². The van der Waals surface area contributed by atoms with Gasteiger partial charge in [0.25, 0.3) is 21.8 Å². The van der Waals surface area contributed by atoms with Crippen molar-refractivity contribution in [2.24, 2.45) is 0 Å². The Morgan fingerprint density at radius 1 is 1.23 bits per heavy atom. The van der Waals surface area contributed by atoms with E-state index in [9.17, 15) is 18.0 Å². The molecule has 2 aromatic rings. The Hall–Kier alpha value is -2.74. The predicted octanol–water partition coefficient (Wildman–Crippen LogP) is 1.11. The van der Waals surface area contributed by atoms with Gasteiger partial charge in [0.2, 0.25) is 0 Å². The molecule has 2 heterocycles. The van der Waals surface area contributed by atoms with Crippen LogP contribution in [-0.2, 0) is 10.0 Å². The van der Waals surface area contributed by atoms with Gasteiger partial charge in [-0.15, -0.1) is 0 Å². The molecule has 22 heavy (non-hydrogen) atoms. The van der Waals surface area contributed by atoms with Crippen LogP contribution in [0, 0.1) is 0 Å². The highest BCUT2D eigenvalue weighted by molar-refractivity contribution is 7.90. The van der Waals surface area contributed by atoms with E-state index in [0.29, 0.717) is 10.1 Å². The minimum absolute atomic E-state index is 0.0666. The second-order valence-electron chi connectivity index (χ2n) is 4.66. The number of pyridine rings is 1. The van der Waals surface area contributed by atoms with Crippen molar-refractivity contribution in [3.05, 3.63) is 53.7 Å². The fraction of sp³-hybridized carbons (Fsp3) is 0.0714. The molecule has 0 radical (unpaired) electrons. The molecule has 1 N–H and O–H groups in total. The molecule has 0 spiro atoms. The van der Waals surface area contributed by atoms with Crippen LogP contribution in [0.3, 0.4) is 0 Å². The van der Waals surface area contributed by atoms with Crippen molar-refractivity contribution in [1.82, 2.24) is 9.29 Å². The SMILES string of the molecule is CN1C(=O)c2ccc(C(=O)Nc3ccccn3)cc2S1(=O)=O. The maximum absolute atomic E-state index is 12.1. The summed E-state index contributed by atoms with van der Waals surface area (Å²) in [5.74, 6) is -0.755. The van der Waals surface area contributed by atoms with E-state index in [0.717, 1.165) is 0 Å². The normalized spacial score (nSPS) is 15.5.